The molecule has 0 amide bonds. The molecule has 0 unspecified atom stereocenters. The zero-order valence-electron chi connectivity index (χ0n) is 11.8. The molecule has 0 bridgehead atoms. The zero-order chi connectivity index (χ0) is 14.5. The van der Waals surface area contributed by atoms with Crippen LogP contribution in [-0.4, -0.2) is 17.9 Å². The molecule has 0 saturated heterocycles. The molecule has 0 spiro atoms. The van der Waals surface area contributed by atoms with E-state index in [0.29, 0.717) is 23.7 Å². The van der Waals surface area contributed by atoms with Crippen molar-refractivity contribution in [2.75, 3.05) is 7.11 Å². The standard InChI is InChI=1S/C15H17NO3S/c1-4-15-16-12(9-20-15)8-19-13-6-5-11(10(2)17)7-14(13)18-3/h5-7,9H,4,8H2,1-3H3. The second kappa shape index (κ2) is 6.52. The van der Waals surface area contributed by atoms with Gasteiger partial charge in [-0.05, 0) is 31.5 Å². The molecule has 2 aromatic rings. The fraction of sp³-hybridized carbons (Fsp3) is 0.333. The van der Waals surface area contributed by atoms with Crippen molar-refractivity contribution in [2.24, 2.45) is 0 Å². The minimum Gasteiger partial charge on any atom is -0.493 e. The fourth-order valence-corrected chi connectivity index (χ4v) is 2.46. The largest absolute Gasteiger partial charge is 0.493 e. The average Bonchev–Trinajstić information content (AvgIpc) is 2.92. The van der Waals surface area contributed by atoms with E-state index in [1.165, 1.54) is 6.92 Å². The highest BCUT2D eigenvalue weighted by Crippen LogP contribution is 2.29. The van der Waals surface area contributed by atoms with E-state index in [4.69, 9.17) is 9.47 Å². The zero-order valence-corrected chi connectivity index (χ0v) is 12.6. The Labute approximate surface area is 122 Å². The van der Waals surface area contributed by atoms with Crippen LogP contribution in [0.2, 0.25) is 0 Å². The number of ether oxygens (including phenoxy) is 2. The number of hydrogen-bond acceptors (Lipinski definition) is 5. The summed E-state index contributed by atoms with van der Waals surface area (Å²) in [7, 11) is 1.56. The number of methoxy groups -OCH3 is 1. The molecule has 0 aliphatic carbocycles. The summed E-state index contributed by atoms with van der Waals surface area (Å²) < 4.78 is 11.0. The number of aromatic nitrogens is 1. The van der Waals surface area contributed by atoms with Gasteiger partial charge in [-0.3, -0.25) is 4.79 Å². The lowest BCUT2D eigenvalue weighted by molar-refractivity contribution is 0.101. The summed E-state index contributed by atoms with van der Waals surface area (Å²) in [6.45, 7) is 4.00. The van der Waals surface area contributed by atoms with Gasteiger partial charge in [0, 0.05) is 10.9 Å². The van der Waals surface area contributed by atoms with Gasteiger partial charge in [-0.1, -0.05) is 6.92 Å². The smallest absolute Gasteiger partial charge is 0.161 e. The van der Waals surface area contributed by atoms with E-state index in [-0.39, 0.29) is 5.78 Å². The van der Waals surface area contributed by atoms with Crippen LogP contribution in [0.4, 0.5) is 0 Å². The first-order valence-corrected chi connectivity index (χ1v) is 7.27. The Balaban J connectivity index is 2.10. The molecule has 0 saturated carbocycles. The molecule has 106 valence electrons. The summed E-state index contributed by atoms with van der Waals surface area (Å²) in [5.41, 5.74) is 1.51. The van der Waals surface area contributed by atoms with E-state index in [1.807, 2.05) is 5.38 Å². The van der Waals surface area contributed by atoms with Gasteiger partial charge < -0.3 is 9.47 Å². The van der Waals surface area contributed by atoms with Gasteiger partial charge in [0.25, 0.3) is 0 Å². The molecule has 0 atom stereocenters. The lowest BCUT2D eigenvalue weighted by Gasteiger charge is -2.10. The van der Waals surface area contributed by atoms with E-state index < -0.39 is 0 Å². The van der Waals surface area contributed by atoms with Crippen LogP contribution < -0.4 is 9.47 Å². The van der Waals surface area contributed by atoms with E-state index in [1.54, 1.807) is 36.6 Å². The van der Waals surface area contributed by atoms with Gasteiger partial charge in [0.05, 0.1) is 17.8 Å². The van der Waals surface area contributed by atoms with Gasteiger partial charge >= 0.3 is 0 Å². The third-order valence-electron chi connectivity index (χ3n) is 2.85. The summed E-state index contributed by atoms with van der Waals surface area (Å²) in [4.78, 5) is 15.8. The Kier molecular flexibility index (Phi) is 4.74. The number of rotatable bonds is 6. The van der Waals surface area contributed by atoms with Crippen molar-refractivity contribution in [3.8, 4) is 11.5 Å². The molecule has 0 fully saturated rings. The number of thiazole rings is 1. The monoisotopic (exact) mass is 291 g/mol. The fourth-order valence-electron chi connectivity index (χ4n) is 1.74. The molecule has 1 aromatic carbocycles. The summed E-state index contributed by atoms with van der Waals surface area (Å²) >= 11 is 1.63. The Morgan fingerprint density at radius 2 is 2.15 bits per heavy atom. The number of carbonyl (C=O) groups excluding carboxylic acids is 1. The van der Waals surface area contributed by atoms with E-state index in [9.17, 15) is 4.79 Å². The summed E-state index contributed by atoms with van der Waals surface area (Å²) in [5, 5.41) is 3.09. The summed E-state index contributed by atoms with van der Waals surface area (Å²) in [6.07, 6.45) is 0.932. The van der Waals surface area contributed by atoms with Crippen LogP contribution in [0.1, 0.15) is 34.9 Å². The van der Waals surface area contributed by atoms with Gasteiger partial charge in [0.1, 0.15) is 6.61 Å². The normalized spacial score (nSPS) is 10.3. The van der Waals surface area contributed by atoms with Crippen LogP contribution >= 0.6 is 11.3 Å². The number of ketones is 1. The highest BCUT2D eigenvalue weighted by molar-refractivity contribution is 7.09. The van der Waals surface area contributed by atoms with Crippen molar-refractivity contribution in [1.82, 2.24) is 4.98 Å². The van der Waals surface area contributed by atoms with Crippen LogP contribution in [0.5, 0.6) is 11.5 Å². The lowest BCUT2D eigenvalue weighted by Crippen LogP contribution is -2.00. The molecule has 0 radical (unpaired) electrons. The predicted octanol–water partition coefficient (Wildman–Crippen LogP) is 3.50. The molecule has 0 aliphatic heterocycles. The van der Waals surface area contributed by atoms with Crippen molar-refractivity contribution < 1.29 is 14.3 Å². The second-order valence-electron chi connectivity index (χ2n) is 4.30. The number of carbonyl (C=O) groups is 1. The second-order valence-corrected chi connectivity index (χ2v) is 5.24. The molecule has 0 N–H and O–H groups in total. The maximum absolute atomic E-state index is 11.3. The Hall–Kier alpha value is -1.88. The molecule has 20 heavy (non-hydrogen) atoms. The molecule has 1 heterocycles. The molecular formula is C15H17NO3S. The first-order valence-electron chi connectivity index (χ1n) is 6.39. The first kappa shape index (κ1) is 14.5. The van der Waals surface area contributed by atoms with Crippen LogP contribution in [-0.2, 0) is 13.0 Å². The van der Waals surface area contributed by atoms with Crippen molar-refractivity contribution in [3.05, 3.63) is 39.8 Å². The van der Waals surface area contributed by atoms with Crippen molar-refractivity contribution in [1.29, 1.82) is 0 Å². The predicted molar refractivity (Wildman–Crippen MR) is 78.8 cm³/mol. The van der Waals surface area contributed by atoms with Gasteiger partial charge in [0.15, 0.2) is 17.3 Å². The lowest BCUT2D eigenvalue weighted by atomic mass is 10.1. The van der Waals surface area contributed by atoms with Gasteiger partial charge in [0.2, 0.25) is 0 Å². The Bertz CT molecular complexity index is 607. The van der Waals surface area contributed by atoms with Crippen molar-refractivity contribution in [2.45, 2.75) is 26.9 Å². The topological polar surface area (TPSA) is 48.4 Å². The minimum absolute atomic E-state index is 0.00180. The third-order valence-corrected chi connectivity index (χ3v) is 3.89. The number of hydrogen-bond donors (Lipinski definition) is 0. The minimum atomic E-state index is 0.00180. The first-order chi connectivity index (χ1) is 9.63. The summed E-state index contributed by atoms with van der Waals surface area (Å²) in [5.74, 6) is 1.18. The highest BCUT2D eigenvalue weighted by Gasteiger charge is 2.09. The third kappa shape index (κ3) is 3.36. The molecule has 2 rings (SSSR count). The molecule has 1 aromatic heterocycles. The van der Waals surface area contributed by atoms with Crippen LogP contribution in [0.25, 0.3) is 0 Å². The molecule has 5 heteroatoms. The van der Waals surface area contributed by atoms with Crippen LogP contribution in [0, 0.1) is 0 Å². The Morgan fingerprint density at radius 1 is 1.35 bits per heavy atom. The van der Waals surface area contributed by atoms with Crippen molar-refractivity contribution >= 4 is 17.1 Å². The quantitative estimate of drug-likeness (QED) is 0.764. The molecule has 0 aliphatic rings. The number of Topliss-reactive ketones (excluding diaryl/α,β-unsaturated/α-hetero) is 1. The maximum atomic E-state index is 11.3. The number of aryl methyl sites for hydroxylation is 1. The van der Waals surface area contributed by atoms with E-state index in [0.717, 1.165) is 17.1 Å². The Morgan fingerprint density at radius 3 is 2.75 bits per heavy atom. The SMILES string of the molecule is CCc1nc(COc2ccc(C(C)=O)cc2OC)cs1. The van der Waals surface area contributed by atoms with Gasteiger partial charge in [-0.25, -0.2) is 4.98 Å². The maximum Gasteiger partial charge on any atom is 0.161 e. The number of nitrogens with zero attached hydrogens (tertiary/aromatic N) is 1. The van der Waals surface area contributed by atoms with Gasteiger partial charge in [-0.2, -0.15) is 0 Å². The van der Waals surface area contributed by atoms with Crippen molar-refractivity contribution in [3.63, 3.8) is 0 Å². The number of benzene rings is 1. The van der Waals surface area contributed by atoms with E-state index >= 15 is 0 Å². The van der Waals surface area contributed by atoms with E-state index in [2.05, 4.69) is 11.9 Å². The van der Waals surface area contributed by atoms with Crippen LogP contribution in [0.15, 0.2) is 23.6 Å². The molecular weight excluding hydrogens is 274 g/mol. The average molecular weight is 291 g/mol. The molecule has 4 nitrogen and oxygen atoms in total. The summed E-state index contributed by atoms with van der Waals surface area (Å²) in [6, 6.07) is 5.18. The highest BCUT2D eigenvalue weighted by atomic mass is 32.1. The van der Waals surface area contributed by atoms with Crippen LogP contribution in [0.3, 0.4) is 0 Å². The van der Waals surface area contributed by atoms with Gasteiger partial charge in [-0.15, -0.1) is 11.3 Å².